The van der Waals surface area contributed by atoms with Crippen LogP contribution in [-0.4, -0.2) is 0 Å². The maximum absolute atomic E-state index is 5.85. The van der Waals surface area contributed by atoms with E-state index in [1.54, 1.807) is 0 Å². The molecule has 0 aromatic carbocycles. The molecule has 3 heteroatoms. The molecule has 2 N–H and O–H groups in total. The van der Waals surface area contributed by atoms with Crippen LogP contribution in [0.25, 0.3) is 0 Å². The maximum Gasteiger partial charge on any atom is 0.121 e. The van der Waals surface area contributed by atoms with Crippen LogP contribution >= 0.6 is 12.4 Å². The van der Waals surface area contributed by atoms with Crippen LogP contribution in [0.3, 0.4) is 0 Å². The molecule has 0 saturated heterocycles. The molecule has 0 unspecified atom stereocenters. The molecule has 1 aromatic rings. The summed E-state index contributed by atoms with van der Waals surface area (Å²) in [7, 11) is 0. The fourth-order valence-corrected chi connectivity index (χ4v) is 1.13. The Hall–Kier alpha value is -0.730. The highest BCUT2D eigenvalue weighted by Gasteiger charge is 2.09. The number of halogens is 1. The molecule has 0 fully saturated rings. The van der Waals surface area contributed by atoms with Crippen molar-refractivity contribution in [1.82, 2.24) is 0 Å². The molecule has 1 heterocycles. The van der Waals surface area contributed by atoms with Gasteiger partial charge in [-0.2, -0.15) is 0 Å². The van der Waals surface area contributed by atoms with Gasteiger partial charge in [0.2, 0.25) is 0 Å². The predicted molar refractivity (Wildman–Crippen MR) is 57.1 cm³/mol. The zero-order valence-electron chi connectivity index (χ0n) is 8.04. The molecule has 0 aliphatic carbocycles. The average Bonchev–Trinajstić information content (AvgIpc) is 2.34. The van der Waals surface area contributed by atoms with Crippen molar-refractivity contribution in [3.63, 3.8) is 0 Å². The van der Waals surface area contributed by atoms with Crippen LogP contribution in [-0.2, 0) is 0 Å². The molecular formula is C10H16ClNO. The number of hydrogen-bond acceptors (Lipinski definition) is 2. The van der Waals surface area contributed by atoms with Crippen molar-refractivity contribution < 1.29 is 4.42 Å². The van der Waals surface area contributed by atoms with Gasteiger partial charge in [0.15, 0.2) is 0 Å². The Morgan fingerprint density at radius 1 is 1.62 bits per heavy atom. The van der Waals surface area contributed by atoms with E-state index in [9.17, 15) is 0 Å². The van der Waals surface area contributed by atoms with Gasteiger partial charge in [-0.25, -0.2) is 0 Å². The minimum absolute atomic E-state index is 0. The predicted octanol–water partition coefficient (Wildman–Crippen LogP) is 2.98. The lowest BCUT2D eigenvalue weighted by molar-refractivity contribution is 0.444. The molecule has 1 aromatic heterocycles. The molecule has 0 aliphatic rings. The first-order chi connectivity index (χ1) is 5.59. The third kappa shape index (κ3) is 3.66. The summed E-state index contributed by atoms with van der Waals surface area (Å²) >= 11 is 0. The molecule has 0 saturated carbocycles. The summed E-state index contributed by atoms with van der Waals surface area (Å²) in [5.41, 5.74) is 6.93. The number of nitrogens with two attached hydrogens (primary N) is 1. The highest BCUT2D eigenvalue weighted by molar-refractivity contribution is 5.85. The lowest BCUT2D eigenvalue weighted by atomic mass is 10.1. The van der Waals surface area contributed by atoms with Crippen molar-refractivity contribution in [3.8, 4) is 0 Å². The smallest absolute Gasteiger partial charge is 0.121 e. The fourth-order valence-electron chi connectivity index (χ4n) is 1.13. The van der Waals surface area contributed by atoms with Gasteiger partial charge in [-0.05, 0) is 32.4 Å². The van der Waals surface area contributed by atoms with Crippen molar-refractivity contribution in [2.24, 2.45) is 5.73 Å². The van der Waals surface area contributed by atoms with Crippen LogP contribution in [0, 0.1) is 6.92 Å². The second-order valence-electron chi connectivity index (χ2n) is 3.22. The van der Waals surface area contributed by atoms with E-state index in [0.29, 0.717) is 0 Å². The van der Waals surface area contributed by atoms with E-state index >= 15 is 0 Å². The monoisotopic (exact) mass is 201 g/mol. The van der Waals surface area contributed by atoms with E-state index in [0.717, 1.165) is 23.5 Å². The largest absolute Gasteiger partial charge is 0.465 e. The second kappa shape index (κ2) is 5.10. The first-order valence-corrected chi connectivity index (χ1v) is 4.06. The molecule has 0 bridgehead atoms. The van der Waals surface area contributed by atoms with Gasteiger partial charge in [0.05, 0.1) is 6.04 Å². The van der Waals surface area contributed by atoms with Crippen molar-refractivity contribution in [1.29, 1.82) is 0 Å². The first kappa shape index (κ1) is 12.3. The summed E-state index contributed by atoms with van der Waals surface area (Å²) in [5.74, 6) is 1.75. The van der Waals surface area contributed by atoms with Crippen LogP contribution in [0.5, 0.6) is 0 Å². The molecule has 13 heavy (non-hydrogen) atoms. The summed E-state index contributed by atoms with van der Waals surface area (Å²) in [6.45, 7) is 7.69. The van der Waals surface area contributed by atoms with E-state index < -0.39 is 0 Å². The van der Waals surface area contributed by atoms with Gasteiger partial charge in [-0.15, -0.1) is 19.0 Å². The molecule has 74 valence electrons. The molecule has 0 amide bonds. The van der Waals surface area contributed by atoms with Crippen LogP contribution in [0.4, 0.5) is 0 Å². The molecule has 0 radical (unpaired) electrons. The third-order valence-electron chi connectivity index (χ3n) is 1.69. The minimum Gasteiger partial charge on any atom is -0.465 e. The van der Waals surface area contributed by atoms with Crippen LogP contribution in [0.2, 0.25) is 0 Å². The van der Waals surface area contributed by atoms with Gasteiger partial charge >= 0.3 is 0 Å². The van der Waals surface area contributed by atoms with Crippen molar-refractivity contribution in [3.05, 3.63) is 35.8 Å². The summed E-state index contributed by atoms with van der Waals surface area (Å²) in [6, 6.07) is 3.80. The SMILES string of the molecule is C=C(C)C[C@@H](N)c1ccc(C)o1.Cl. The second-order valence-corrected chi connectivity index (χ2v) is 3.22. The summed E-state index contributed by atoms with van der Waals surface area (Å²) in [4.78, 5) is 0. The van der Waals surface area contributed by atoms with Crippen LogP contribution < -0.4 is 5.73 Å². The Balaban J connectivity index is 0.00000144. The fraction of sp³-hybridized carbons (Fsp3) is 0.400. The lowest BCUT2D eigenvalue weighted by Crippen LogP contribution is -2.09. The normalized spacial score (nSPS) is 11.9. The van der Waals surface area contributed by atoms with Crippen molar-refractivity contribution in [2.75, 3.05) is 0 Å². The maximum atomic E-state index is 5.85. The van der Waals surface area contributed by atoms with Gasteiger partial charge in [0.1, 0.15) is 11.5 Å². The standard InChI is InChI=1S/C10H15NO.ClH/c1-7(2)6-9(11)10-5-4-8(3)12-10;/h4-5,9H,1,6,11H2,2-3H3;1H/t9-;/m1./s1. The summed E-state index contributed by atoms with van der Waals surface area (Å²) in [5, 5.41) is 0. The Morgan fingerprint density at radius 2 is 2.23 bits per heavy atom. The number of hydrogen-bond donors (Lipinski definition) is 1. The number of aryl methyl sites for hydroxylation is 1. The molecule has 0 aliphatic heterocycles. The highest BCUT2D eigenvalue weighted by Crippen LogP contribution is 2.19. The third-order valence-corrected chi connectivity index (χ3v) is 1.69. The van der Waals surface area contributed by atoms with E-state index in [4.69, 9.17) is 10.2 Å². The van der Waals surface area contributed by atoms with Crippen LogP contribution in [0.1, 0.15) is 30.9 Å². The van der Waals surface area contributed by atoms with Crippen molar-refractivity contribution >= 4 is 12.4 Å². The van der Waals surface area contributed by atoms with E-state index in [-0.39, 0.29) is 18.4 Å². The topological polar surface area (TPSA) is 39.2 Å². The minimum atomic E-state index is -0.0452. The van der Waals surface area contributed by atoms with E-state index in [1.165, 1.54) is 0 Å². The van der Waals surface area contributed by atoms with Crippen molar-refractivity contribution in [2.45, 2.75) is 26.3 Å². The van der Waals surface area contributed by atoms with Gasteiger partial charge in [0.25, 0.3) is 0 Å². The van der Waals surface area contributed by atoms with E-state index in [2.05, 4.69) is 6.58 Å². The number of furan rings is 1. The quantitative estimate of drug-likeness (QED) is 0.764. The van der Waals surface area contributed by atoms with Gasteiger partial charge in [-0.3, -0.25) is 0 Å². The van der Waals surface area contributed by atoms with Gasteiger partial charge in [-0.1, -0.05) is 5.57 Å². The molecule has 2 nitrogen and oxygen atoms in total. The Morgan fingerprint density at radius 3 is 2.62 bits per heavy atom. The average molecular weight is 202 g/mol. The summed E-state index contributed by atoms with van der Waals surface area (Å²) in [6.07, 6.45) is 0.785. The number of rotatable bonds is 3. The molecular weight excluding hydrogens is 186 g/mol. The van der Waals surface area contributed by atoms with Gasteiger partial charge < -0.3 is 10.2 Å². The molecule has 1 atom stereocenters. The Labute approximate surface area is 85.2 Å². The summed E-state index contributed by atoms with van der Waals surface area (Å²) < 4.78 is 5.38. The van der Waals surface area contributed by atoms with Crippen LogP contribution in [0.15, 0.2) is 28.7 Å². The zero-order valence-corrected chi connectivity index (χ0v) is 8.86. The van der Waals surface area contributed by atoms with Gasteiger partial charge in [0, 0.05) is 0 Å². The highest BCUT2D eigenvalue weighted by atomic mass is 35.5. The lowest BCUT2D eigenvalue weighted by Gasteiger charge is -2.07. The Kier molecular flexibility index (Phi) is 4.81. The zero-order chi connectivity index (χ0) is 9.14. The molecule has 0 spiro atoms. The van der Waals surface area contributed by atoms with E-state index in [1.807, 2.05) is 26.0 Å². The Bertz CT molecular complexity index is 280. The first-order valence-electron chi connectivity index (χ1n) is 4.06. The molecule has 1 rings (SSSR count).